The van der Waals surface area contributed by atoms with Gasteiger partial charge in [0.05, 0.1) is 12.4 Å². The van der Waals surface area contributed by atoms with E-state index in [1.807, 2.05) is 33.8 Å². The number of nitrogens with one attached hydrogen (secondary N) is 2. The minimum atomic E-state index is -0.503. The maximum absolute atomic E-state index is 12.4. The molecule has 3 rings (SSSR count). The number of anilines is 2. The van der Waals surface area contributed by atoms with Gasteiger partial charge in [0, 0.05) is 37.2 Å². The van der Waals surface area contributed by atoms with E-state index in [9.17, 15) is 4.79 Å². The predicted octanol–water partition coefficient (Wildman–Crippen LogP) is 4.23. The first-order valence-electron chi connectivity index (χ1n) is 10.4. The van der Waals surface area contributed by atoms with Crippen molar-refractivity contribution in [2.45, 2.75) is 78.0 Å². The lowest BCUT2D eigenvalue weighted by atomic mass is 10.0. The van der Waals surface area contributed by atoms with Crippen LogP contribution >= 0.6 is 0 Å². The molecule has 30 heavy (non-hydrogen) atoms. The molecule has 2 N–H and O–H groups in total. The number of amides is 1. The Morgan fingerprint density at radius 2 is 2.07 bits per heavy atom. The second-order valence-electron chi connectivity index (χ2n) is 9.02. The highest BCUT2D eigenvalue weighted by Gasteiger charge is 2.32. The molecule has 3 heterocycles. The maximum Gasteiger partial charge on any atom is 0.410 e. The number of hydrogen-bond donors (Lipinski definition) is 2. The summed E-state index contributed by atoms with van der Waals surface area (Å²) in [6.45, 7) is 12.4. The number of carbonyl (C=O) groups is 1. The van der Waals surface area contributed by atoms with Crippen molar-refractivity contribution in [3.63, 3.8) is 0 Å². The molecule has 0 radical (unpaired) electrons. The SMILES string of the molecule is CC(C)c1cc(Nc2cncc(OC3CCN(C(=O)OC(C)(C)C)C(C)C3)n2)n[nH]1. The molecule has 1 aliphatic rings. The Hall–Kier alpha value is -2.84. The van der Waals surface area contributed by atoms with Crippen LogP contribution in [0.25, 0.3) is 0 Å². The van der Waals surface area contributed by atoms with E-state index in [0.29, 0.717) is 42.8 Å². The zero-order valence-corrected chi connectivity index (χ0v) is 18.6. The van der Waals surface area contributed by atoms with Gasteiger partial charge in [-0.1, -0.05) is 13.8 Å². The van der Waals surface area contributed by atoms with Crippen molar-refractivity contribution in [2.75, 3.05) is 11.9 Å². The van der Waals surface area contributed by atoms with Gasteiger partial charge in [0.2, 0.25) is 5.88 Å². The third kappa shape index (κ3) is 5.84. The zero-order valence-electron chi connectivity index (χ0n) is 18.6. The van der Waals surface area contributed by atoms with Gasteiger partial charge in [-0.15, -0.1) is 0 Å². The van der Waals surface area contributed by atoms with Crippen molar-refractivity contribution < 1.29 is 14.3 Å². The Morgan fingerprint density at radius 1 is 1.30 bits per heavy atom. The lowest BCUT2D eigenvalue weighted by Gasteiger charge is -2.38. The van der Waals surface area contributed by atoms with E-state index in [1.54, 1.807) is 17.3 Å². The van der Waals surface area contributed by atoms with Gasteiger partial charge in [-0.25, -0.2) is 4.79 Å². The molecule has 0 bridgehead atoms. The summed E-state index contributed by atoms with van der Waals surface area (Å²) >= 11 is 0. The van der Waals surface area contributed by atoms with Crippen molar-refractivity contribution in [3.8, 4) is 5.88 Å². The van der Waals surface area contributed by atoms with E-state index in [1.165, 1.54) is 0 Å². The van der Waals surface area contributed by atoms with Crippen molar-refractivity contribution in [2.24, 2.45) is 0 Å². The molecular formula is C21H32N6O3. The molecule has 0 spiro atoms. The van der Waals surface area contributed by atoms with Gasteiger partial charge < -0.3 is 19.7 Å². The van der Waals surface area contributed by atoms with Crippen LogP contribution in [0.1, 0.15) is 66.0 Å². The summed E-state index contributed by atoms with van der Waals surface area (Å²) in [5.41, 5.74) is 0.542. The number of nitrogens with zero attached hydrogens (tertiary/aromatic N) is 4. The van der Waals surface area contributed by atoms with Crippen LogP contribution in [0.4, 0.5) is 16.4 Å². The van der Waals surface area contributed by atoms with Crippen LogP contribution in [0.5, 0.6) is 5.88 Å². The van der Waals surface area contributed by atoms with Crippen LogP contribution < -0.4 is 10.1 Å². The Labute approximate surface area is 177 Å². The Morgan fingerprint density at radius 3 is 2.70 bits per heavy atom. The Bertz CT molecular complexity index is 860. The molecule has 9 nitrogen and oxygen atoms in total. The van der Waals surface area contributed by atoms with Gasteiger partial charge in [-0.3, -0.25) is 10.1 Å². The van der Waals surface area contributed by atoms with Gasteiger partial charge in [0.25, 0.3) is 0 Å². The highest BCUT2D eigenvalue weighted by molar-refractivity contribution is 5.68. The number of rotatable bonds is 5. The molecule has 1 saturated heterocycles. The Balaban J connectivity index is 1.57. The third-order valence-electron chi connectivity index (χ3n) is 4.83. The predicted molar refractivity (Wildman–Crippen MR) is 114 cm³/mol. The van der Waals surface area contributed by atoms with Crippen LogP contribution in [0.15, 0.2) is 18.5 Å². The highest BCUT2D eigenvalue weighted by atomic mass is 16.6. The fourth-order valence-electron chi connectivity index (χ4n) is 3.29. The monoisotopic (exact) mass is 416 g/mol. The third-order valence-corrected chi connectivity index (χ3v) is 4.83. The van der Waals surface area contributed by atoms with Crippen LogP contribution in [-0.2, 0) is 4.74 Å². The van der Waals surface area contributed by atoms with Gasteiger partial charge in [-0.2, -0.15) is 10.1 Å². The number of aromatic nitrogens is 4. The van der Waals surface area contributed by atoms with Crippen LogP contribution in [0.2, 0.25) is 0 Å². The number of carbonyl (C=O) groups excluding carboxylic acids is 1. The molecule has 0 saturated carbocycles. The second-order valence-corrected chi connectivity index (χ2v) is 9.02. The molecule has 1 aliphatic heterocycles. The summed E-state index contributed by atoms with van der Waals surface area (Å²) in [6, 6.07) is 1.97. The summed E-state index contributed by atoms with van der Waals surface area (Å²) < 4.78 is 11.6. The minimum Gasteiger partial charge on any atom is -0.473 e. The first kappa shape index (κ1) is 21.9. The largest absolute Gasteiger partial charge is 0.473 e. The number of H-pyrrole nitrogens is 1. The van der Waals surface area contributed by atoms with E-state index in [0.717, 1.165) is 5.69 Å². The maximum atomic E-state index is 12.4. The standard InChI is InChI=1S/C21H32N6O3/c1-13(2)16-10-17(26-25-16)23-18-11-22-12-19(24-18)29-15-7-8-27(14(3)9-15)20(28)30-21(4,5)6/h10-15H,7-9H2,1-6H3,(H2,23,24,25,26). The van der Waals surface area contributed by atoms with Crippen molar-refractivity contribution in [3.05, 3.63) is 24.2 Å². The highest BCUT2D eigenvalue weighted by Crippen LogP contribution is 2.24. The molecule has 0 aromatic carbocycles. The van der Waals surface area contributed by atoms with Gasteiger partial charge in [0.15, 0.2) is 11.6 Å². The number of hydrogen-bond acceptors (Lipinski definition) is 7. The van der Waals surface area contributed by atoms with Gasteiger partial charge in [-0.05, 0) is 33.6 Å². The van der Waals surface area contributed by atoms with Crippen LogP contribution in [0, 0.1) is 0 Å². The smallest absolute Gasteiger partial charge is 0.410 e. The van der Waals surface area contributed by atoms with E-state index < -0.39 is 5.60 Å². The second kappa shape index (κ2) is 8.89. The molecule has 9 heteroatoms. The van der Waals surface area contributed by atoms with Gasteiger partial charge >= 0.3 is 6.09 Å². The van der Waals surface area contributed by atoms with E-state index in [-0.39, 0.29) is 18.2 Å². The number of likely N-dealkylation sites (tertiary alicyclic amines) is 1. The van der Waals surface area contributed by atoms with Crippen LogP contribution in [-0.4, -0.2) is 55.5 Å². The lowest BCUT2D eigenvalue weighted by molar-refractivity contribution is -0.00153. The van der Waals surface area contributed by atoms with Crippen LogP contribution in [0.3, 0.4) is 0 Å². The molecule has 1 fully saturated rings. The van der Waals surface area contributed by atoms with E-state index in [2.05, 4.69) is 39.3 Å². The number of piperidine rings is 1. The lowest BCUT2D eigenvalue weighted by Crippen LogP contribution is -2.49. The Kier molecular flexibility index (Phi) is 6.48. The topological polar surface area (TPSA) is 105 Å². The van der Waals surface area contributed by atoms with Crippen molar-refractivity contribution >= 4 is 17.7 Å². The summed E-state index contributed by atoms with van der Waals surface area (Å²) in [6.07, 6.45) is 4.32. The first-order valence-corrected chi connectivity index (χ1v) is 10.4. The summed E-state index contributed by atoms with van der Waals surface area (Å²) in [4.78, 5) is 22.8. The average molecular weight is 417 g/mol. The summed E-state index contributed by atoms with van der Waals surface area (Å²) in [7, 11) is 0. The first-order chi connectivity index (χ1) is 14.1. The summed E-state index contributed by atoms with van der Waals surface area (Å²) in [5, 5.41) is 10.4. The molecular weight excluding hydrogens is 384 g/mol. The molecule has 164 valence electrons. The molecule has 0 aliphatic carbocycles. The fraction of sp³-hybridized carbons (Fsp3) is 0.619. The van der Waals surface area contributed by atoms with E-state index >= 15 is 0 Å². The minimum absolute atomic E-state index is 0.0198. The zero-order chi connectivity index (χ0) is 21.9. The fourth-order valence-corrected chi connectivity index (χ4v) is 3.29. The number of aromatic amines is 1. The van der Waals surface area contributed by atoms with Crippen molar-refractivity contribution in [1.29, 1.82) is 0 Å². The average Bonchev–Trinajstić information content (AvgIpc) is 3.09. The molecule has 2 aromatic heterocycles. The summed E-state index contributed by atoms with van der Waals surface area (Å²) in [5.74, 6) is 2.06. The molecule has 2 atom stereocenters. The van der Waals surface area contributed by atoms with E-state index in [4.69, 9.17) is 9.47 Å². The molecule has 2 unspecified atom stereocenters. The molecule has 2 aromatic rings. The normalized spacial score (nSPS) is 19.6. The van der Waals surface area contributed by atoms with Crippen molar-refractivity contribution in [1.82, 2.24) is 25.1 Å². The van der Waals surface area contributed by atoms with Gasteiger partial charge in [0.1, 0.15) is 11.7 Å². The molecule has 1 amide bonds. The number of ether oxygens (including phenoxy) is 2. The quantitative estimate of drug-likeness (QED) is 0.751.